The highest BCUT2D eigenvalue weighted by Crippen LogP contribution is 2.15. The summed E-state index contributed by atoms with van der Waals surface area (Å²) in [5.41, 5.74) is 1.54. The molecular formula is C22H27N5O5. The Labute approximate surface area is 185 Å². The van der Waals surface area contributed by atoms with Crippen LogP contribution < -0.4 is 21.8 Å². The highest BCUT2D eigenvalue weighted by molar-refractivity contribution is 6.05. The van der Waals surface area contributed by atoms with Gasteiger partial charge < -0.3 is 31.6 Å². The Kier molecular flexibility index (Phi) is 8.17. The Bertz CT molecular complexity index is 983. The maximum absolute atomic E-state index is 12.5. The number of benzene rings is 2. The molecule has 2 rings (SSSR count). The standard InChI is InChI=1S/C22H27N5O5/c1-22(2,3)32-21(31)27-18(20(29)30)11-14-7-9-16(10-8-14)26-19(28)15-5-4-6-17(12-15)24-13-25-23/h4-10,12-13,18H,11,23H2,1-3H3,(H,24,25)(H,26,28)(H,27,31)(H,29,30)/t18-/m0/s1. The zero-order valence-corrected chi connectivity index (χ0v) is 18.1. The van der Waals surface area contributed by atoms with Gasteiger partial charge in [0.05, 0.1) is 0 Å². The van der Waals surface area contributed by atoms with Gasteiger partial charge in [-0.15, -0.1) is 0 Å². The van der Waals surface area contributed by atoms with Gasteiger partial charge in [0.2, 0.25) is 0 Å². The number of carbonyl (C=O) groups excluding carboxylic acids is 2. The van der Waals surface area contributed by atoms with E-state index in [9.17, 15) is 19.5 Å². The smallest absolute Gasteiger partial charge is 0.408 e. The molecule has 2 aromatic rings. The SMILES string of the molecule is CC(C)(C)OC(=O)N[C@@H](Cc1ccc(NC(=O)c2cccc(NC=NN)c2)cc1)C(=O)O. The number of hydrogen-bond acceptors (Lipinski definition) is 6. The highest BCUT2D eigenvalue weighted by atomic mass is 16.6. The van der Waals surface area contributed by atoms with Gasteiger partial charge in [-0.05, 0) is 56.7 Å². The predicted molar refractivity (Wildman–Crippen MR) is 122 cm³/mol. The maximum atomic E-state index is 12.5. The number of alkyl carbamates (subject to hydrolysis) is 1. The molecule has 0 saturated heterocycles. The highest BCUT2D eigenvalue weighted by Gasteiger charge is 2.24. The summed E-state index contributed by atoms with van der Waals surface area (Å²) in [6.45, 7) is 5.07. The molecular weight excluding hydrogens is 414 g/mol. The van der Waals surface area contributed by atoms with Crippen molar-refractivity contribution in [2.24, 2.45) is 10.9 Å². The molecule has 0 bridgehead atoms. The number of carboxylic acid groups (broad SMARTS) is 1. The summed E-state index contributed by atoms with van der Waals surface area (Å²) in [5.74, 6) is 3.55. The summed E-state index contributed by atoms with van der Waals surface area (Å²) in [7, 11) is 0. The second kappa shape index (κ2) is 10.8. The molecule has 0 saturated carbocycles. The maximum Gasteiger partial charge on any atom is 0.408 e. The fourth-order valence-corrected chi connectivity index (χ4v) is 2.68. The Hall–Kier alpha value is -4.08. The largest absolute Gasteiger partial charge is 0.480 e. The Morgan fingerprint density at radius 3 is 2.41 bits per heavy atom. The van der Waals surface area contributed by atoms with Gasteiger partial charge in [0, 0.05) is 23.4 Å². The van der Waals surface area contributed by atoms with E-state index in [1.165, 1.54) is 6.34 Å². The normalized spacial score (nSPS) is 12.1. The molecule has 0 fully saturated rings. The molecule has 0 aliphatic heterocycles. The van der Waals surface area contributed by atoms with E-state index in [0.29, 0.717) is 22.5 Å². The van der Waals surface area contributed by atoms with E-state index >= 15 is 0 Å². The number of anilines is 2. The van der Waals surface area contributed by atoms with E-state index in [1.54, 1.807) is 69.3 Å². The van der Waals surface area contributed by atoms with Gasteiger partial charge in [-0.2, -0.15) is 5.10 Å². The summed E-state index contributed by atoms with van der Waals surface area (Å²) in [6.07, 6.45) is 0.556. The van der Waals surface area contributed by atoms with Crippen molar-refractivity contribution in [1.82, 2.24) is 5.32 Å². The molecule has 0 aliphatic carbocycles. The van der Waals surface area contributed by atoms with Crippen molar-refractivity contribution in [2.75, 3.05) is 10.6 Å². The van der Waals surface area contributed by atoms with Crippen LogP contribution in [0.2, 0.25) is 0 Å². The Morgan fingerprint density at radius 1 is 1.12 bits per heavy atom. The topological polar surface area (TPSA) is 155 Å². The molecule has 10 heteroatoms. The lowest BCUT2D eigenvalue weighted by Gasteiger charge is -2.22. The molecule has 0 unspecified atom stereocenters. The minimum absolute atomic E-state index is 0.0548. The van der Waals surface area contributed by atoms with Gasteiger partial charge in [-0.1, -0.05) is 18.2 Å². The van der Waals surface area contributed by atoms with Crippen LogP contribution in [0.1, 0.15) is 36.7 Å². The van der Waals surface area contributed by atoms with Gasteiger partial charge in [0.15, 0.2) is 0 Å². The number of ether oxygens (including phenoxy) is 1. The van der Waals surface area contributed by atoms with Crippen molar-refractivity contribution in [3.05, 3.63) is 59.7 Å². The number of nitrogens with zero attached hydrogens (tertiary/aromatic N) is 1. The molecule has 0 aliphatic rings. The summed E-state index contributed by atoms with van der Waals surface area (Å²) in [4.78, 5) is 35.9. The number of aliphatic carboxylic acids is 1. The fraction of sp³-hybridized carbons (Fsp3) is 0.273. The van der Waals surface area contributed by atoms with Crippen LogP contribution in [0.3, 0.4) is 0 Å². The molecule has 32 heavy (non-hydrogen) atoms. The van der Waals surface area contributed by atoms with Crippen LogP contribution in [-0.2, 0) is 16.0 Å². The third kappa shape index (κ3) is 7.98. The first-order valence-electron chi connectivity index (χ1n) is 9.78. The van der Waals surface area contributed by atoms with Crippen LogP contribution in [0, 0.1) is 0 Å². The number of carboxylic acids is 1. The fourth-order valence-electron chi connectivity index (χ4n) is 2.68. The van der Waals surface area contributed by atoms with E-state index in [2.05, 4.69) is 21.1 Å². The van der Waals surface area contributed by atoms with Crippen molar-refractivity contribution in [3.63, 3.8) is 0 Å². The number of rotatable bonds is 8. The molecule has 170 valence electrons. The van der Waals surface area contributed by atoms with Crippen LogP contribution in [0.5, 0.6) is 0 Å². The number of amides is 2. The van der Waals surface area contributed by atoms with Gasteiger partial charge in [0.1, 0.15) is 18.0 Å². The number of nitrogens with one attached hydrogen (secondary N) is 3. The van der Waals surface area contributed by atoms with Gasteiger partial charge in [0.25, 0.3) is 5.91 Å². The van der Waals surface area contributed by atoms with Gasteiger partial charge in [-0.25, -0.2) is 9.59 Å². The van der Waals surface area contributed by atoms with Gasteiger partial charge >= 0.3 is 12.1 Å². The molecule has 10 nitrogen and oxygen atoms in total. The molecule has 2 amide bonds. The second-order valence-corrected chi connectivity index (χ2v) is 7.90. The summed E-state index contributed by atoms with van der Waals surface area (Å²) < 4.78 is 5.11. The van der Waals surface area contributed by atoms with Crippen molar-refractivity contribution >= 4 is 35.7 Å². The van der Waals surface area contributed by atoms with Crippen LogP contribution >= 0.6 is 0 Å². The molecule has 0 spiro atoms. The Balaban J connectivity index is 2.00. The molecule has 0 heterocycles. The zero-order chi connectivity index (χ0) is 23.7. The van der Waals surface area contributed by atoms with Crippen LogP contribution in [0.25, 0.3) is 0 Å². The lowest BCUT2D eigenvalue weighted by Crippen LogP contribution is -2.44. The monoisotopic (exact) mass is 441 g/mol. The molecule has 0 radical (unpaired) electrons. The van der Waals surface area contributed by atoms with Crippen LogP contribution in [0.4, 0.5) is 16.2 Å². The average Bonchev–Trinajstić information content (AvgIpc) is 2.72. The summed E-state index contributed by atoms with van der Waals surface area (Å²) in [5, 5.41) is 20.7. The van der Waals surface area contributed by atoms with E-state index in [1.807, 2.05) is 0 Å². The second-order valence-electron chi connectivity index (χ2n) is 7.90. The van der Waals surface area contributed by atoms with Crippen molar-refractivity contribution < 1.29 is 24.2 Å². The average molecular weight is 441 g/mol. The third-order valence-electron chi connectivity index (χ3n) is 4.07. The molecule has 1 atom stereocenters. The molecule has 2 aromatic carbocycles. The number of carbonyl (C=O) groups is 3. The van der Waals surface area contributed by atoms with E-state index < -0.39 is 23.7 Å². The lowest BCUT2D eigenvalue weighted by atomic mass is 10.1. The quantitative estimate of drug-likeness (QED) is 0.182. The van der Waals surface area contributed by atoms with Crippen molar-refractivity contribution in [3.8, 4) is 0 Å². The molecule has 6 N–H and O–H groups in total. The van der Waals surface area contributed by atoms with E-state index in [-0.39, 0.29) is 12.3 Å². The summed E-state index contributed by atoms with van der Waals surface area (Å²) in [6, 6.07) is 12.3. The number of hydrazone groups is 1. The van der Waals surface area contributed by atoms with E-state index in [0.717, 1.165) is 0 Å². The minimum atomic E-state index is -1.18. The van der Waals surface area contributed by atoms with Crippen molar-refractivity contribution in [2.45, 2.75) is 38.8 Å². The first kappa shape index (κ1) is 24.2. The third-order valence-corrected chi connectivity index (χ3v) is 4.07. The zero-order valence-electron chi connectivity index (χ0n) is 18.1. The van der Waals surface area contributed by atoms with Crippen LogP contribution in [-0.4, -0.2) is 41.1 Å². The summed E-state index contributed by atoms with van der Waals surface area (Å²) >= 11 is 0. The Morgan fingerprint density at radius 2 is 1.81 bits per heavy atom. The number of nitrogens with two attached hydrogens (primary N) is 1. The molecule has 0 aromatic heterocycles. The predicted octanol–water partition coefficient (Wildman–Crippen LogP) is 2.77. The first-order chi connectivity index (χ1) is 15.1. The van der Waals surface area contributed by atoms with Gasteiger partial charge in [-0.3, -0.25) is 4.79 Å². The first-order valence-corrected chi connectivity index (χ1v) is 9.78. The van der Waals surface area contributed by atoms with E-state index in [4.69, 9.17) is 10.6 Å². The lowest BCUT2D eigenvalue weighted by molar-refractivity contribution is -0.139. The van der Waals surface area contributed by atoms with Crippen molar-refractivity contribution in [1.29, 1.82) is 0 Å². The number of hydrogen-bond donors (Lipinski definition) is 5. The minimum Gasteiger partial charge on any atom is -0.480 e. The van der Waals surface area contributed by atoms with Crippen LogP contribution in [0.15, 0.2) is 53.6 Å².